The number of rotatable bonds is 4. The number of carbonyl (C=O) groups excluding carboxylic acids is 1. The highest BCUT2D eigenvalue weighted by Crippen LogP contribution is 2.02. The van der Waals surface area contributed by atoms with Gasteiger partial charge in [0.1, 0.15) is 5.82 Å². The smallest absolute Gasteiger partial charge is 0.315 e. The summed E-state index contributed by atoms with van der Waals surface area (Å²) >= 11 is 0. The first kappa shape index (κ1) is 13.0. The Balaban J connectivity index is 1.76. The van der Waals surface area contributed by atoms with Gasteiger partial charge in [-0.25, -0.2) is 9.18 Å². The van der Waals surface area contributed by atoms with Gasteiger partial charge in [0.05, 0.1) is 0 Å². The first-order chi connectivity index (χ1) is 9.24. The number of hydrogen-bond acceptors (Lipinski definition) is 2. The van der Waals surface area contributed by atoms with Gasteiger partial charge in [-0.2, -0.15) is 0 Å². The highest BCUT2D eigenvalue weighted by atomic mass is 19.1. The largest absolute Gasteiger partial charge is 0.334 e. The third-order valence-corrected chi connectivity index (χ3v) is 2.52. The predicted octanol–water partition coefficient (Wildman–Crippen LogP) is 2.22. The van der Waals surface area contributed by atoms with Crippen molar-refractivity contribution in [1.82, 2.24) is 15.6 Å². The molecule has 2 amide bonds. The Bertz CT molecular complexity index is 545. The predicted molar refractivity (Wildman–Crippen MR) is 69.7 cm³/mol. The van der Waals surface area contributed by atoms with Crippen LogP contribution in [0.15, 0.2) is 48.8 Å². The van der Waals surface area contributed by atoms with Gasteiger partial charge in [0, 0.05) is 25.5 Å². The highest BCUT2D eigenvalue weighted by molar-refractivity contribution is 5.73. The third-order valence-electron chi connectivity index (χ3n) is 2.52. The summed E-state index contributed by atoms with van der Waals surface area (Å²) in [7, 11) is 0. The van der Waals surface area contributed by atoms with Crippen LogP contribution in [0.2, 0.25) is 0 Å². The molecule has 1 aromatic heterocycles. The number of carbonyl (C=O) groups is 1. The van der Waals surface area contributed by atoms with Crippen LogP contribution in [0.25, 0.3) is 0 Å². The molecule has 0 saturated heterocycles. The lowest BCUT2D eigenvalue weighted by Gasteiger charge is -2.07. The normalized spacial score (nSPS) is 9.95. The zero-order valence-corrected chi connectivity index (χ0v) is 10.3. The van der Waals surface area contributed by atoms with Crippen LogP contribution >= 0.6 is 0 Å². The van der Waals surface area contributed by atoms with E-state index in [4.69, 9.17) is 0 Å². The van der Waals surface area contributed by atoms with Gasteiger partial charge in [-0.1, -0.05) is 18.2 Å². The van der Waals surface area contributed by atoms with Crippen LogP contribution < -0.4 is 10.6 Å². The molecule has 2 rings (SSSR count). The van der Waals surface area contributed by atoms with E-state index in [9.17, 15) is 9.18 Å². The van der Waals surface area contributed by atoms with Gasteiger partial charge >= 0.3 is 6.03 Å². The van der Waals surface area contributed by atoms with Crippen LogP contribution in [0, 0.1) is 5.82 Å². The highest BCUT2D eigenvalue weighted by Gasteiger charge is 2.01. The molecule has 5 heteroatoms. The summed E-state index contributed by atoms with van der Waals surface area (Å²) in [6.45, 7) is 0.694. The van der Waals surface area contributed by atoms with Crippen LogP contribution in [-0.2, 0) is 13.1 Å². The minimum atomic E-state index is -0.310. The van der Waals surface area contributed by atoms with Gasteiger partial charge in [0.25, 0.3) is 0 Å². The summed E-state index contributed by atoms with van der Waals surface area (Å²) < 4.78 is 12.9. The summed E-state index contributed by atoms with van der Waals surface area (Å²) in [5.41, 5.74) is 1.64. The topological polar surface area (TPSA) is 54.0 Å². The average molecular weight is 259 g/mol. The van der Waals surface area contributed by atoms with E-state index < -0.39 is 0 Å². The van der Waals surface area contributed by atoms with Crippen LogP contribution in [0.1, 0.15) is 11.1 Å². The molecule has 19 heavy (non-hydrogen) atoms. The molecule has 0 spiro atoms. The maximum atomic E-state index is 12.9. The molecule has 0 saturated carbocycles. The minimum absolute atomic E-state index is 0.288. The summed E-state index contributed by atoms with van der Waals surface area (Å²) in [4.78, 5) is 15.5. The molecule has 98 valence electrons. The zero-order valence-electron chi connectivity index (χ0n) is 10.3. The van der Waals surface area contributed by atoms with Crippen molar-refractivity contribution < 1.29 is 9.18 Å². The molecule has 0 fully saturated rings. The van der Waals surface area contributed by atoms with Crippen molar-refractivity contribution in [2.45, 2.75) is 13.1 Å². The zero-order chi connectivity index (χ0) is 13.5. The fourth-order valence-electron chi connectivity index (χ4n) is 1.58. The summed E-state index contributed by atoms with van der Waals surface area (Å²) in [6.07, 6.45) is 3.36. The molecular weight excluding hydrogens is 245 g/mol. The van der Waals surface area contributed by atoms with Crippen molar-refractivity contribution >= 4 is 6.03 Å². The second-order valence-electron chi connectivity index (χ2n) is 4.03. The number of benzene rings is 1. The van der Waals surface area contributed by atoms with E-state index in [0.717, 1.165) is 11.1 Å². The van der Waals surface area contributed by atoms with Crippen molar-refractivity contribution in [2.75, 3.05) is 0 Å². The molecule has 0 bridgehead atoms. The fourth-order valence-corrected chi connectivity index (χ4v) is 1.58. The lowest BCUT2D eigenvalue weighted by molar-refractivity contribution is 0.240. The van der Waals surface area contributed by atoms with Gasteiger partial charge in [-0.3, -0.25) is 4.98 Å². The number of aromatic nitrogens is 1. The summed E-state index contributed by atoms with van der Waals surface area (Å²) in [6, 6.07) is 9.51. The lowest BCUT2D eigenvalue weighted by atomic mass is 10.2. The monoisotopic (exact) mass is 259 g/mol. The van der Waals surface area contributed by atoms with Gasteiger partial charge in [-0.05, 0) is 29.3 Å². The maximum Gasteiger partial charge on any atom is 0.315 e. The molecule has 0 aliphatic rings. The molecule has 0 unspecified atom stereocenters. The number of urea groups is 1. The minimum Gasteiger partial charge on any atom is -0.334 e. The van der Waals surface area contributed by atoms with Crippen molar-refractivity contribution in [3.8, 4) is 0 Å². The van der Waals surface area contributed by atoms with Crippen LogP contribution in [0.5, 0.6) is 0 Å². The van der Waals surface area contributed by atoms with E-state index in [-0.39, 0.29) is 18.4 Å². The van der Waals surface area contributed by atoms with E-state index in [1.54, 1.807) is 24.5 Å². The standard InChI is InChI=1S/C14H14FN3O/c15-13-5-1-3-11(7-13)9-17-14(19)18-10-12-4-2-6-16-8-12/h1-8H,9-10H2,(H2,17,18,19). The van der Waals surface area contributed by atoms with E-state index in [0.29, 0.717) is 6.54 Å². The van der Waals surface area contributed by atoms with Crippen molar-refractivity contribution in [3.05, 3.63) is 65.7 Å². The van der Waals surface area contributed by atoms with E-state index in [1.807, 2.05) is 12.1 Å². The quantitative estimate of drug-likeness (QED) is 0.884. The maximum absolute atomic E-state index is 12.9. The van der Waals surface area contributed by atoms with E-state index in [1.165, 1.54) is 12.1 Å². The van der Waals surface area contributed by atoms with E-state index >= 15 is 0 Å². The van der Waals surface area contributed by atoms with Gasteiger partial charge in [0.15, 0.2) is 0 Å². The summed E-state index contributed by atoms with van der Waals surface area (Å²) in [5.74, 6) is -0.310. The SMILES string of the molecule is O=C(NCc1cccnc1)NCc1cccc(F)c1. The Labute approximate surface area is 110 Å². The molecule has 2 aromatic rings. The van der Waals surface area contributed by atoms with Gasteiger partial charge < -0.3 is 10.6 Å². The average Bonchev–Trinajstić information content (AvgIpc) is 2.44. The molecule has 0 atom stereocenters. The Kier molecular flexibility index (Phi) is 4.44. The van der Waals surface area contributed by atoms with Crippen molar-refractivity contribution in [1.29, 1.82) is 0 Å². The molecule has 0 aliphatic heterocycles. The number of hydrogen-bond donors (Lipinski definition) is 2. The van der Waals surface area contributed by atoms with Crippen LogP contribution in [0.3, 0.4) is 0 Å². The third kappa shape index (κ3) is 4.39. The second-order valence-corrected chi connectivity index (χ2v) is 4.03. The van der Waals surface area contributed by atoms with E-state index in [2.05, 4.69) is 15.6 Å². The Morgan fingerprint density at radius 2 is 1.84 bits per heavy atom. The van der Waals surface area contributed by atoms with Crippen LogP contribution in [-0.4, -0.2) is 11.0 Å². The van der Waals surface area contributed by atoms with Crippen molar-refractivity contribution in [2.24, 2.45) is 0 Å². The van der Waals surface area contributed by atoms with Gasteiger partial charge in [-0.15, -0.1) is 0 Å². The number of pyridine rings is 1. The molecule has 2 N–H and O–H groups in total. The number of nitrogens with zero attached hydrogens (tertiary/aromatic N) is 1. The number of amides is 2. The van der Waals surface area contributed by atoms with Gasteiger partial charge in [0.2, 0.25) is 0 Å². The Morgan fingerprint density at radius 1 is 1.11 bits per heavy atom. The molecule has 0 aliphatic carbocycles. The summed E-state index contributed by atoms with van der Waals surface area (Å²) in [5, 5.41) is 5.36. The first-order valence-electron chi connectivity index (χ1n) is 5.89. The molecule has 1 aromatic carbocycles. The first-order valence-corrected chi connectivity index (χ1v) is 5.89. The molecular formula is C14H14FN3O. The van der Waals surface area contributed by atoms with Crippen LogP contribution in [0.4, 0.5) is 9.18 Å². The molecule has 0 radical (unpaired) electrons. The second kappa shape index (κ2) is 6.49. The molecule has 4 nitrogen and oxygen atoms in total. The number of halogens is 1. The fraction of sp³-hybridized carbons (Fsp3) is 0.143. The van der Waals surface area contributed by atoms with Crippen molar-refractivity contribution in [3.63, 3.8) is 0 Å². The Hall–Kier alpha value is -2.43. The Morgan fingerprint density at radius 3 is 2.53 bits per heavy atom. The molecule has 1 heterocycles. The lowest BCUT2D eigenvalue weighted by Crippen LogP contribution is -2.34. The number of nitrogens with one attached hydrogen (secondary N) is 2.